The van der Waals surface area contributed by atoms with Crippen LogP contribution in [0.1, 0.15) is 32.6 Å². The minimum atomic E-state index is 0.0400. The van der Waals surface area contributed by atoms with Gasteiger partial charge in [0.1, 0.15) is 0 Å². The second-order valence-corrected chi connectivity index (χ2v) is 4.27. The SMILES string of the molecule is CCN(CCO)C(=O)C1CCCC(N)C1. The zero-order valence-corrected chi connectivity index (χ0v) is 9.48. The Bertz CT molecular complexity index is 209. The lowest BCUT2D eigenvalue weighted by Gasteiger charge is -2.30. The third kappa shape index (κ3) is 3.47. The van der Waals surface area contributed by atoms with Gasteiger partial charge in [-0.25, -0.2) is 0 Å². The summed E-state index contributed by atoms with van der Waals surface area (Å²) in [5.41, 5.74) is 5.86. The van der Waals surface area contributed by atoms with Crippen LogP contribution in [0.2, 0.25) is 0 Å². The van der Waals surface area contributed by atoms with Gasteiger partial charge < -0.3 is 15.7 Å². The van der Waals surface area contributed by atoms with Crippen LogP contribution in [0, 0.1) is 5.92 Å². The molecule has 0 aliphatic heterocycles. The van der Waals surface area contributed by atoms with Crippen molar-refractivity contribution >= 4 is 5.91 Å². The van der Waals surface area contributed by atoms with Crippen molar-refractivity contribution in [3.8, 4) is 0 Å². The normalized spacial score (nSPS) is 26.3. The molecule has 0 heterocycles. The molecule has 2 unspecified atom stereocenters. The molecule has 88 valence electrons. The molecule has 0 aromatic heterocycles. The molecule has 15 heavy (non-hydrogen) atoms. The first-order valence-electron chi connectivity index (χ1n) is 5.84. The Morgan fingerprint density at radius 3 is 2.80 bits per heavy atom. The number of carbonyl (C=O) groups excluding carboxylic acids is 1. The summed E-state index contributed by atoms with van der Waals surface area (Å²) in [4.78, 5) is 13.7. The number of nitrogens with two attached hydrogens (primary N) is 1. The van der Waals surface area contributed by atoms with Crippen molar-refractivity contribution in [2.75, 3.05) is 19.7 Å². The number of hydrogen-bond acceptors (Lipinski definition) is 3. The van der Waals surface area contributed by atoms with E-state index in [0.717, 1.165) is 25.7 Å². The van der Waals surface area contributed by atoms with Gasteiger partial charge in [0, 0.05) is 25.0 Å². The highest BCUT2D eigenvalue weighted by Crippen LogP contribution is 2.24. The second kappa shape index (κ2) is 6.08. The van der Waals surface area contributed by atoms with Crippen molar-refractivity contribution in [1.29, 1.82) is 0 Å². The monoisotopic (exact) mass is 214 g/mol. The minimum absolute atomic E-state index is 0.0400. The maximum absolute atomic E-state index is 12.0. The third-order valence-electron chi connectivity index (χ3n) is 3.13. The molecule has 0 bridgehead atoms. The molecule has 2 atom stereocenters. The van der Waals surface area contributed by atoms with Crippen molar-refractivity contribution in [3.05, 3.63) is 0 Å². The van der Waals surface area contributed by atoms with E-state index in [4.69, 9.17) is 10.8 Å². The summed E-state index contributed by atoms with van der Waals surface area (Å²) in [5.74, 6) is 0.252. The predicted molar refractivity (Wildman–Crippen MR) is 59.3 cm³/mol. The fourth-order valence-corrected chi connectivity index (χ4v) is 2.25. The topological polar surface area (TPSA) is 66.6 Å². The molecule has 1 aliphatic carbocycles. The lowest BCUT2D eigenvalue weighted by Crippen LogP contribution is -2.41. The van der Waals surface area contributed by atoms with E-state index in [0.29, 0.717) is 13.1 Å². The van der Waals surface area contributed by atoms with Gasteiger partial charge in [-0.1, -0.05) is 6.42 Å². The molecule has 1 aliphatic rings. The first-order chi connectivity index (χ1) is 7.19. The zero-order chi connectivity index (χ0) is 11.3. The Labute approximate surface area is 91.4 Å². The summed E-state index contributed by atoms with van der Waals surface area (Å²) in [6.45, 7) is 3.10. The average Bonchev–Trinajstić information content (AvgIpc) is 2.25. The fourth-order valence-electron chi connectivity index (χ4n) is 2.25. The van der Waals surface area contributed by atoms with E-state index in [9.17, 15) is 4.79 Å². The van der Waals surface area contributed by atoms with Gasteiger partial charge in [-0.05, 0) is 26.2 Å². The number of aliphatic hydroxyl groups is 1. The molecule has 0 radical (unpaired) electrons. The molecule has 1 fully saturated rings. The molecular weight excluding hydrogens is 192 g/mol. The van der Waals surface area contributed by atoms with Crippen LogP contribution < -0.4 is 5.73 Å². The Balaban J connectivity index is 2.49. The van der Waals surface area contributed by atoms with Gasteiger partial charge >= 0.3 is 0 Å². The smallest absolute Gasteiger partial charge is 0.225 e. The third-order valence-corrected chi connectivity index (χ3v) is 3.13. The highest BCUT2D eigenvalue weighted by atomic mass is 16.3. The summed E-state index contributed by atoms with van der Waals surface area (Å²) in [5, 5.41) is 8.85. The lowest BCUT2D eigenvalue weighted by molar-refractivity contribution is -0.137. The van der Waals surface area contributed by atoms with Gasteiger partial charge in [0.05, 0.1) is 6.61 Å². The molecule has 1 rings (SSSR count). The summed E-state index contributed by atoms with van der Waals surface area (Å²) in [7, 11) is 0. The standard InChI is InChI=1S/C11H22N2O2/c1-2-13(6-7-14)11(15)9-4-3-5-10(12)8-9/h9-10,14H,2-8,12H2,1H3. The zero-order valence-electron chi connectivity index (χ0n) is 9.48. The number of amides is 1. The van der Waals surface area contributed by atoms with Crippen LogP contribution in [-0.2, 0) is 4.79 Å². The summed E-state index contributed by atoms with van der Waals surface area (Å²) in [6.07, 6.45) is 3.85. The van der Waals surface area contributed by atoms with E-state index < -0.39 is 0 Å². The quantitative estimate of drug-likeness (QED) is 0.709. The Hall–Kier alpha value is -0.610. The summed E-state index contributed by atoms with van der Waals surface area (Å²) >= 11 is 0. The van der Waals surface area contributed by atoms with Gasteiger partial charge in [-0.2, -0.15) is 0 Å². The van der Waals surface area contributed by atoms with Gasteiger partial charge in [-0.15, -0.1) is 0 Å². The van der Waals surface area contributed by atoms with E-state index in [-0.39, 0.29) is 24.5 Å². The fraction of sp³-hybridized carbons (Fsp3) is 0.909. The van der Waals surface area contributed by atoms with Crippen molar-refractivity contribution < 1.29 is 9.90 Å². The van der Waals surface area contributed by atoms with Gasteiger partial charge in [0.15, 0.2) is 0 Å². The molecule has 1 saturated carbocycles. The first-order valence-corrected chi connectivity index (χ1v) is 5.84. The molecule has 0 saturated heterocycles. The first kappa shape index (κ1) is 12.5. The molecule has 0 aromatic carbocycles. The Morgan fingerprint density at radius 1 is 1.53 bits per heavy atom. The van der Waals surface area contributed by atoms with E-state index >= 15 is 0 Å². The van der Waals surface area contributed by atoms with Crippen LogP contribution in [0.4, 0.5) is 0 Å². The van der Waals surface area contributed by atoms with Crippen molar-refractivity contribution in [3.63, 3.8) is 0 Å². The number of likely N-dealkylation sites (N-methyl/N-ethyl adjacent to an activating group) is 1. The maximum Gasteiger partial charge on any atom is 0.225 e. The molecule has 0 aromatic rings. The number of hydrogen-bond donors (Lipinski definition) is 2. The van der Waals surface area contributed by atoms with E-state index in [1.165, 1.54) is 0 Å². The predicted octanol–water partition coefficient (Wildman–Crippen LogP) is 0.345. The van der Waals surface area contributed by atoms with Crippen LogP contribution in [0.5, 0.6) is 0 Å². The Morgan fingerprint density at radius 2 is 2.27 bits per heavy atom. The van der Waals surface area contributed by atoms with Crippen molar-refractivity contribution in [2.45, 2.75) is 38.6 Å². The van der Waals surface area contributed by atoms with Gasteiger partial charge in [0.2, 0.25) is 5.91 Å². The number of aliphatic hydroxyl groups excluding tert-OH is 1. The van der Waals surface area contributed by atoms with E-state index in [1.807, 2.05) is 6.92 Å². The number of nitrogens with zero attached hydrogens (tertiary/aromatic N) is 1. The van der Waals surface area contributed by atoms with Crippen molar-refractivity contribution in [2.24, 2.45) is 11.7 Å². The number of carbonyl (C=O) groups is 1. The molecule has 4 heteroatoms. The molecule has 1 amide bonds. The summed E-state index contributed by atoms with van der Waals surface area (Å²) in [6, 6.07) is 0.181. The van der Waals surface area contributed by atoms with Gasteiger partial charge in [0.25, 0.3) is 0 Å². The highest BCUT2D eigenvalue weighted by molar-refractivity contribution is 5.79. The molecule has 3 N–H and O–H groups in total. The molecule has 0 spiro atoms. The summed E-state index contributed by atoms with van der Waals surface area (Å²) < 4.78 is 0. The van der Waals surface area contributed by atoms with E-state index in [1.54, 1.807) is 4.90 Å². The molecular formula is C11H22N2O2. The van der Waals surface area contributed by atoms with Crippen LogP contribution in [0.3, 0.4) is 0 Å². The van der Waals surface area contributed by atoms with Crippen LogP contribution in [0.15, 0.2) is 0 Å². The average molecular weight is 214 g/mol. The van der Waals surface area contributed by atoms with Crippen LogP contribution in [0.25, 0.3) is 0 Å². The molecule has 4 nitrogen and oxygen atoms in total. The van der Waals surface area contributed by atoms with Crippen LogP contribution >= 0.6 is 0 Å². The van der Waals surface area contributed by atoms with Crippen LogP contribution in [-0.4, -0.2) is 41.7 Å². The highest BCUT2D eigenvalue weighted by Gasteiger charge is 2.27. The Kier molecular flexibility index (Phi) is 5.05. The van der Waals surface area contributed by atoms with Gasteiger partial charge in [-0.3, -0.25) is 4.79 Å². The second-order valence-electron chi connectivity index (χ2n) is 4.27. The maximum atomic E-state index is 12.0. The largest absolute Gasteiger partial charge is 0.395 e. The van der Waals surface area contributed by atoms with Crippen molar-refractivity contribution in [1.82, 2.24) is 4.90 Å². The minimum Gasteiger partial charge on any atom is -0.395 e. The number of rotatable bonds is 4. The lowest BCUT2D eigenvalue weighted by atomic mass is 9.85. The van der Waals surface area contributed by atoms with E-state index in [2.05, 4.69) is 0 Å².